The Balaban J connectivity index is 1.62. The topological polar surface area (TPSA) is 25.2 Å². The van der Waals surface area contributed by atoms with Gasteiger partial charge in [0.05, 0.1) is 6.54 Å². The van der Waals surface area contributed by atoms with Gasteiger partial charge < -0.3 is 9.73 Å². The summed E-state index contributed by atoms with van der Waals surface area (Å²) < 4.78 is 19.8. The third kappa shape index (κ3) is 4.09. The van der Waals surface area contributed by atoms with Gasteiger partial charge in [0.1, 0.15) is 17.3 Å². The van der Waals surface area contributed by atoms with Crippen LogP contribution in [0.5, 0.6) is 0 Å². The summed E-state index contributed by atoms with van der Waals surface area (Å²) in [4.78, 5) is 0. The van der Waals surface area contributed by atoms with Crippen molar-refractivity contribution < 1.29 is 8.81 Å². The number of halogens is 2. The summed E-state index contributed by atoms with van der Waals surface area (Å²) in [6.45, 7) is 3.37. The second kappa shape index (κ2) is 7.11. The van der Waals surface area contributed by atoms with Gasteiger partial charge in [0.25, 0.3) is 0 Å². The number of benzene rings is 2. The van der Waals surface area contributed by atoms with Crippen LogP contribution in [0.25, 0.3) is 11.3 Å². The van der Waals surface area contributed by atoms with Gasteiger partial charge in [-0.25, -0.2) is 4.39 Å². The predicted molar refractivity (Wildman–Crippen MR) is 93.5 cm³/mol. The number of furan rings is 1. The molecule has 4 heteroatoms. The van der Waals surface area contributed by atoms with Gasteiger partial charge in [-0.05, 0) is 60.5 Å². The van der Waals surface area contributed by atoms with E-state index in [2.05, 4.69) is 34.2 Å². The lowest BCUT2D eigenvalue weighted by atomic mass is 10.1. The average Bonchev–Trinajstić information content (AvgIpc) is 2.98. The van der Waals surface area contributed by atoms with Crippen LogP contribution < -0.4 is 5.32 Å². The third-order valence-electron chi connectivity index (χ3n) is 3.66. The summed E-state index contributed by atoms with van der Waals surface area (Å²) >= 11 is 3.47. The van der Waals surface area contributed by atoms with Crippen molar-refractivity contribution in [2.24, 2.45) is 0 Å². The summed E-state index contributed by atoms with van der Waals surface area (Å²) in [6.07, 6.45) is 0. The Kier molecular flexibility index (Phi) is 4.94. The zero-order chi connectivity index (χ0) is 16.2. The lowest BCUT2D eigenvalue weighted by molar-refractivity contribution is 0.493. The first kappa shape index (κ1) is 16.0. The molecule has 3 rings (SSSR count). The minimum absolute atomic E-state index is 0.214. The van der Waals surface area contributed by atoms with Crippen molar-refractivity contribution in [3.8, 4) is 11.3 Å². The molecule has 0 aliphatic heterocycles. The Labute approximate surface area is 143 Å². The SMILES string of the molecule is Cc1cc(Br)ccc1-c1ccc(CNCc2ccc(F)cc2)o1. The van der Waals surface area contributed by atoms with E-state index in [1.807, 2.05) is 24.3 Å². The van der Waals surface area contributed by atoms with Gasteiger partial charge in [-0.3, -0.25) is 0 Å². The van der Waals surface area contributed by atoms with Crippen molar-refractivity contribution in [2.75, 3.05) is 0 Å². The number of hydrogen-bond acceptors (Lipinski definition) is 2. The zero-order valence-corrected chi connectivity index (χ0v) is 14.4. The van der Waals surface area contributed by atoms with Crippen molar-refractivity contribution in [3.63, 3.8) is 0 Å². The van der Waals surface area contributed by atoms with E-state index in [4.69, 9.17) is 4.42 Å². The molecule has 0 atom stereocenters. The fourth-order valence-corrected chi connectivity index (χ4v) is 2.93. The van der Waals surface area contributed by atoms with Crippen molar-refractivity contribution >= 4 is 15.9 Å². The van der Waals surface area contributed by atoms with Gasteiger partial charge >= 0.3 is 0 Å². The third-order valence-corrected chi connectivity index (χ3v) is 4.15. The summed E-state index contributed by atoms with van der Waals surface area (Å²) in [5, 5.41) is 3.30. The molecule has 0 radical (unpaired) electrons. The molecule has 2 aromatic carbocycles. The Bertz CT molecular complexity index is 795. The molecule has 118 valence electrons. The summed E-state index contributed by atoms with van der Waals surface area (Å²) in [6, 6.07) is 16.6. The van der Waals surface area contributed by atoms with Crippen molar-refractivity contribution in [1.82, 2.24) is 5.32 Å². The quantitative estimate of drug-likeness (QED) is 0.643. The van der Waals surface area contributed by atoms with E-state index in [1.54, 1.807) is 12.1 Å². The highest BCUT2D eigenvalue weighted by Crippen LogP contribution is 2.27. The summed E-state index contributed by atoms with van der Waals surface area (Å²) in [5.74, 6) is 1.53. The Morgan fingerprint density at radius 1 is 1.00 bits per heavy atom. The van der Waals surface area contributed by atoms with Crippen LogP contribution in [0.15, 0.2) is 63.5 Å². The first-order chi connectivity index (χ1) is 11.1. The van der Waals surface area contributed by atoms with E-state index in [0.29, 0.717) is 13.1 Å². The smallest absolute Gasteiger partial charge is 0.134 e. The largest absolute Gasteiger partial charge is 0.460 e. The van der Waals surface area contributed by atoms with E-state index >= 15 is 0 Å². The summed E-state index contributed by atoms with van der Waals surface area (Å²) in [5.41, 5.74) is 3.31. The highest BCUT2D eigenvalue weighted by Gasteiger charge is 2.07. The van der Waals surface area contributed by atoms with Crippen LogP contribution in [-0.4, -0.2) is 0 Å². The van der Waals surface area contributed by atoms with Gasteiger partial charge in [0.15, 0.2) is 0 Å². The molecular formula is C19H17BrFNO. The van der Waals surface area contributed by atoms with E-state index < -0.39 is 0 Å². The fraction of sp³-hybridized carbons (Fsp3) is 0.158. The van der Waals surface area contributed by atoms with Crippen molar-refractivity contribution in [3.05, 3.63) is 81.8 Å². The lowest BCUT2D eigenvalue weighted by Crippen LogP contribution is -2.11. The molecule has 3 aromatic rings. The molecule has 1 aromatic heterocycles. The summed E-state index contributed by atoms with van der Waals surface area (Å²) in [7, 11) is 0. The maximum absolute atomic E-state index is 12.9. The molecule has 0 aliphatic rings. The number of nitrogens with one attached hydrogen (secondary N) is 1. The highest BCUT2D eigenvalue weighted by atomic mass is 79.9. The molecule has 0 aliphatic carbocycles. The van der Waals surface area contributed by atoms with E-state index in [0.717, 1.165) is 27.1 Å². The van der Waals surface area contributed by atoms with Gasteiger partial charge in [0, 0.05) is 16.6 Å². The van der Waals surface area contributed by atoms with Gasteiger partial charge in [-0.15, -0.1) is 0 Å². The standard InChI is InChI=1S/C19H17BrFNO/c1-13-10-15(20)4-8-18(13)19-9-7-17(23-19)12-22-11-14-2-5-16(21)6-3-14/h2-10,22H,11-12H2,1H3. The lowest BCUT2D eigenvalue weighted by Gasteiger charge is -2.04. The first-order valence-electron chi connectivity index (χ1n) is 7.42. The van der Waals surface area contributed by atoms with Crippen LogP contribution >= 0.6 is 15.9 Å². The fourth-order valence-electron chi connectivity index (χ4n) is 2.45. The molecule has 1 heterocycles. The molecule has 0 saturated heterocycles. The van der Waals surface area contributed by atoms with Crippen molar-refractivity contribution in [2.45, 2.75) is 20.0 Å². The normalized spacial score (nSPS) is 10.9. The van der Waals surface area contributed by atoms with Gasteiger partial charge in [-0.1, -0.05) is 28.1 Å². The predicted octanol–water partition coefficient (Wildman–Crippen LogP) is 5.45. The number of rotatable bonds is 5. The van der Waals surface area contributed by atoms with Crippen molar-refractivity contribution in [1.29, 1.82) is 0 Å². The molecule has 2 nitrogen and oxygen atoms in total. The molecule has 0 amide bonds. The second-order valence-electron chi connectivity index (χ2n) is 5.46. The number of hydrogen-bond donors (Lipinski definition) is 1. The average molecular weight is 374 g/mol. The number of aryl methyl sites for hydroxylation is 1. The molecule has 0 fully saturated rings. The van der Waals surface area contributed by atoms with Crippen LogP contribution in [0.2, 0.25) is 0 Å². The van der Waals surface area contributed by atoms with E-state index in [9.17, 15) is 4.39 Å². The highest BCUT2D eigenvalue weighted by molar-refractivity contribution is 9.10. The molecular weight excluding hydrogens is 357 g/mol. The molecule has 0 bridgehead atoms. The van der Waals surface area contributed by atoms with Crippen LogP contribution in [0.1, 0.15) is 16.9 Å². The van der Waals surface area contributed by atoms with E-state index in [1.165, 1.54) is 17.7 Å². The Morgan fingerprint density at radius 2 is 1.78 bits per heavy atom. The molecule has 23 heavy (non-hydrogen) atoms. The first-order valence-corrected chi connectivity index (χ1v) is 8.21. The second-order valence-corrected chi connectivity index (χ2v) is 6.37. The maximum Gasteiger partial charge on any atom is 0.134 e. The van der Waals surface area contributed by atoms with Gasteiger partial charge in [0.2, 0.25) is 0 Å². The minimum atomic E-state index is -0.214. The maximum atomic E-state index is 12.9. The van der Waals surface area contributed by atoms with Crippen LogP contribution in [0.4, 0.5) is 4.39 Å². The molecule has 0 saturated carbocycles. The van der Waals surface area contributed by atoms with E-state index in [-0.39, 0.29) is 5.82 Å². The Morgan fingerprint density at radius 3 is 2.52 bits per heavy atom. The minimum Gasteiger partial charge on any atom is -0.460 e. The van der Waals surface area contributed by atoms with Gasteiger partial charge in [-0.2, -0.15) is 0 Å². The molecule has 0 unspecified atom stereocenters. The zero-order valence-electron chi connectivity index (χ0n) is 12.8. The Hall–Kier alpha value is -1.91. The molecule has 0 spiro atoms. The van der Waals surface area contributed by atoms with Crippen LogP contribution in [0, 0.1) is 12.7 Å². The molecule has 1 N–H and O–H groups in total. The van der Waals surface area contributed by atoms with Crippen LogP contribution in [-0.2, 0) is 13.1 Å². The monoisotopic (exact) mass is 373 g/mol. The van der Waals surface area contributed by atoms with Crippen LogP contribution in [0.3, 0.4) is 0 Å².